The van der Waals surface area contributed by atoms with Crippen molar-refractivity contribution in [2.24, 2.45) is 4.99 Å². The summed E-state index contributed by atoms with van der Waals surface area (Å²) in [6, 6.07) is 19.8. The number of aromatic nitrogens is 1. The van der Waals surface area contributed by atoms with E-state index in [9.17, 15) is 14.9 Å². The largest absolute Gasteiger partial charge is 0.493 e. The zero-order valence-corrected chi connectivity index (χ0v) is 29.0. The molecular weight excluding hydrogens is 717 g/mol. The summed E-state index contributed by atoms with van der Waals surface area (Å²) in [5.41, 5.74) is 3.29. The normalized spacial score (nSPS) is 14.4. The van der Waals surface area contributed by atoms with Crippen LogP contribution in [-0.2, 0) is 16.1 Å². The molecule has 236 valence electrons. The maximum absolute atomic E-state index is 14.1. The fourth-order valence-corrected chi connectivity index (χ4v) is 6.96. The first kappa shape index (κ1) is 33.0. The Morgan fingerprint density at radius 2 is 1.91 bits per heavy atom. The molecule has 1 aromatic heterocycles. The van der Waals surface area contributed by atoms with Crippen molar-refractivity contribution in [3.8, 4) is 23.3 Å². The SMILES string of the molecule is CCOC(=O)C1=C(C)N=c2s/c(=C\c3cc(I)c(OCc4ccccc4C#N)c(OC)c3)c(=O)n2[C@H]1c1ccc(OC(C)C)cc1. The summed E-state index contributed by atoms with van der Waals surface area (Å²) in [7, 11) is 1.55. The van der Waals surface area contributed by atoms with Crippen LogP contribution in [0.25, 0.3) is 6.08 Å². The van der Waals surface area contributed by atoms with Crippen LogP contribution < -0.4 is 29.1 Å². The van der Waals surface area contributed by atoms with Gasteiger partial charge in [0, 0.05) is 5.56 Å². The molecule has 2 heterocycles. The summed E-state index contributed by atoms with van der Waals surface area (Å²) in [5, 5.41) is 9.43. The first-order valence-electron chi connectivity index (χ1n) is 14.6. The molecule has 11 heteroatoms. The van der Waals surface area contributed by atoms with Gasteiger partial charge in [-0.15, -0.1) is 0 Å². The van der Waals surface area contributed by atoms with E-state index in [0.29, 0.717) is 43.4 Å². The Morgan fingerprint density at radius 3 is 2.59 bits per heavy atom. The van der Waals surface area contributed by atoms with Crippen molar-refractivity contribution in [3.63, 3.8) is 0 Å². The van der Waals surface area contributed by atoms with Crippen molar-refractivity contribution in [1.82, 2.24) is 4.57 Å². The number of rotatable bonds is 10. The van der Waals surface area contributed by atoms with Crippen LogP contribution in [0, 0.1) is 14.9 Å². The number of carbonyl (C=O) groups is 1. The lowest BCUT2D eigenvalue weighted by atomic mass is 9.96. The zero-order valence-electron chi connectivity index (χ0n) is 26.0. The predicted octanol–water partition coefficient (Wildman–Crippen LogP) is 5.65. The molecule has 0 bridgehead atoms. The molecule has 0 fully saturated rings. The number of halogens is 1. The molecule has 1 atom stereocenters. The second-order valence-corrected chi connectivity index (χ2v) is 12.8. The second-order valence-electron chi connectivity index (χ2n) is 10.6. The van der Waals surface area contributed by atoms with Gasteiger partial charge in [0.15, 0.2) is 16.3 Å². The van der Waals surface area contributed by atoms with E-state index in [1.54, 1.807) is 43.7 Å². The van der Waals surface area contributed by atoms with Gasteiger partial charge in [-0.25, -0.2) is 9.79 Å². The molecule has 3 aromatic carbocycles. The number of esters is 1. The third kappa shape index (κ3) is 6.88. The number of hydrogen-bond donors (Lipinski definition) is 0. The molecule has 1 aliphatic heterocycles. The van der Waals surface area contributed by atoms with Gasteiger partial charge < -0.3 is 18.9 Å². The number of nitriles is 1. The Bertz CT molecular complexity index is 2040. The van der Waals surface area contributed by atoms with Gasteiger partial charge in [0.1, 0.15) is 12.4 Å². The summed E-state index contributed by atoms with van der Waals surface area (Å²) in [5.74, 6) is 1.20. The molecule has 9 nitrogen and oxygen atoms in total. The van der Waals surface area contributed by atoms with Crippen LogP contribution >= 0.6 is 33.9 Å². The second kappa shape index (κ2) is 14.3. The van der Waals surface area contributed by atoms with Crippen LogP contribution in [0.3, 0.4) is 0 Å². The quantitative estimate of drug-likeness (QED) is 0.152. The average Bonchev–Trinajstić information content (AvgIpc) is 3.33. The highest BCUT2D eigenvalue weighted by Crippen LogP contribution is 2.35. The van der Waals surface area contributed by atoms with E-state index in [2.05, 4.69) is 33.7 Å². The van der Waals surface area contributed by atoms with E-state index < -0.39 is 12.0 Å². The predicted molar refractivity (Wildman–Crippen MR) is 184 cm³/mol. The van der Waals surface area contributed by atoms with Crippen LogP contribution in [0.4, 0.5) is 0 Å². The first-order valence-corrected chi connectivity index (χ1v) is 16.5. The molecule has 46 heavy (non-hydrogen) atoms. The first-order chi connectivity index (χ1) is 22.1. The lowest BCUT2D eigenvalue weighted by molar-refractivity contribution is -0.139. The van der Waals surface area contributed by atoms with Crippen molar-refractivity contribution in [2.75, 3.05) is 13.7 Å². The Labute approximate surface area is 284 Å². The third-order valence-corrected chi connectivity index (χ3v) is 8.93. The van der Waals surface area contributed by atoms with Crippen molar-refractivity contribution >= 4 is 46.0 Å². The molecule has 0 aliphatic carbocycles. The Hall–Kier alpha value is -4.41. The Kier molecular flexibility index (Phi) is 10.3. The Balaban J connectivity index is 1.56. The van der Waals surface area contributed by atoms with Crippen LogP contribution in [0.2, 0.25) is 0 Å². The number of allylic oxidation sites excluding steroid dienone is 1. The molecule has 5 rings (SSSR count). The van der Waals surface area contributed by atoms with Crippen LogP contribution in [0.1, 0.15) is 56.0 Å². The van der Waals surface area contributed by atoms with Gasteiger partial charge in [0.25, 0.3) is 5.56 Å². The van der Waals surface area contributed by atoms with Gasteiger partial charge in [-0.1, -0.05) is 41.7 Å². The maximum atomic E-state index is 14.1. The molecule has 4 aromatic rings. The smallest absolute Gasteiger partial charge is 0.338 e. The molecule has 0 saturated heterocycles. The highest BCUT2D eigenvalue weighted by Gasteiger charge is 2.33. The lowest BCUT2D eigenvalue weighted by Gasteiger charge is -2.25. The number of fused-ring (bicyclic) bond motifs is 1. The standard InChI is InChI=1S/C35H32IN3O6S/c1-6-43-34(41)30-21(4)38-35-39(31(30)23-11-13-26(14-12-23)45-20(2)3)33(40)29(46-35)17-22-15-27(36)32(28(16-22)42-5)44-19-25-10-8-7-9-24(25)18-37/h7-17,20,31H,6,19H2,1-5H3/b29-17-/t31-/m0/s1. The van der Waals surface area contributed by atoms with Gasteiger partial charge in [0.05, 0.1) is 56.9 Å². The summed E-state index contributed by atoms with van der Waals surface area (Å²) in [6.07, 6.45) is 1.78. The van der Waals surface area contributed by atoms with Gasteiger partial charge >= 0.3 is 5.97 Å². The molecule has 0 radical (unpaired) electrons. The number of methoxy groups -OCH3 is 1. The topological polar surface area (TPSA) is 112 Å². The van der Waals surface area contributed by atoms with Gasteiger partial charge in [-0.05, 0) is 97.8 Å². The van der Waals surface area contributed by atoms with Crippen molar-refractivity contribution in [3.05, 3.63) is 117 Å². The highest BCUT2D eigenvalue weighted by atomic mass is 127. The third-order valence-electron chi connectivity index (χ3n) is 7.14. The number of carbonyl (C=O) groups excluding carboxylic acids is 1. The number of benzene rings is 3. The van der Waals surface area contributed by atoms with E-state index in [4.69, 9.17) is 18.9 Å². The van der Waals surface area contributed by atoms with Crippen LogP contribution in [-0.4, -0.2) is 30.4 Å². The molecule has 0 amide bonds. The molecule has 0 spiro atoms. The van der Waals surface area contributed by atoms with Crippen LogP contribution in [0.5, 0.6) is 17.2 Å². The minimum atomic E-state index is -0.729. The van der Waals surface area contributed by atoms with E-state index in [-0.39, 0.29) is 24.9 Å². The van der Waals surface area contributed by atoms with Crippen molar-refractivity contribution < 1.29 is 23.7 Å². The van der Waals surface area contributed by atoms with Gasteiger partial charge in [-0.3, -0.25) is 9.36 Å². The van der Waals surface area contributed by atoms with E-state index >= 15 is 0 Å². The fraction of sp³-hybridized carbons (Fsp3) is 0.257. The number of ether oxygens (including phenoxy) is 4. The summed E-state index contributed by atoms with van der Waals surface area (Å²) in [6.45, 7) is 7.79. The van der Waals surface area contributed by atoms with Crippen molar-refractivity contribution in [1.29, 1.82) is 5.26 Å². The number of hydrogen-bond acceptors (Lipinski definition) is 9. The van der Waals surface area contributed by atoms with E-state index in [1.807, 2.05) is 62.4 Å². The molecule has 0 unspecified atom stereocenters. The fourth-order valence-electron chi connectivity index (χ4n) is 5.13. The maximum Gasteiger partial charge on any atom is 0.338 e. The van der Waals surface area contributed by atoms with Crippen molar-refractivity contribution in [2.45, 2.75) is 46.4 Å². The molecule has 0 saturated carbocycles. The number of nitrogens with zero attached hydrogens (tertiary/aromatic N) is 3. The lowest BCUT2D eigenvalue weighted by Crippen LogP contribution is -2.39. The highest BCUT2D eigenvalue weighted by molar-refractivity contribution is 14.1. The summed E-state index contributed by atoms with van der Waals surface area (Å²) in [4.78, 5) is 32.4. The molecular formula is C35H32IN3O6S. The number of thiazole rings is 1. The Morgan fingerprint density at radius 1 is 1.17 bits per heavy atom. The minimum Gasteiger partial charge on any atom is -0.493 e. The summed E-state index contributed by atoms with van der Waals surface area (Å²) >= 11 is 3.41. The van der Waals surface area contributed by atoms with Crippen LogP contribution in [0.15, 0.2) is 81.7 Å². The average molecular weight is 750 g/mol. The van der Waals surface area contributed by atoms with Gasteiger partial charge in [0.2, 0.25) is 0 Å². The molecule has 1 aliphatic rings. The molecule has 0 N–H and O–H groups in total. The monoisotopic (exact) mass is 749 g/mol. The van der Waals surface area contributed by atoms with E-state index in [1.165, 1.54) is 11.3 Å². The van der Waals surface area contributed by atoms with E-state index in [0.717, 1.165) is 20.3 Å². The zero-order chi connectivity index (χ0) is 33.0. The van der Waals surface area contributed by atoms with Gasteiger partial charge in [-0.2, -0.15) is 5.26 Å². The summed E-state index contributed by atoms with van der Waals surface area (Å²) < 4.78 is 25.8. The minimum absolute atomic E-state index is 0.00310.